The summed E-state index contributed by atoms with van der Waals surface area (Å²) in [6.07, 6.45) is -0.297. The van der Waals surface area contributed by atoms with Crippen molar-refractivity contribution in [1.82, 2.24) is 5.32 Å². The molecule has 5 aliphatic rings. The number of benzene rings is 1. The standard InChI is InChI=1S/C28H37NO10/c1-15-9-10-19-16(2)25(36-26-28(19)18(15)13-14-27(3,37-26)38-39-28)35-21(31)12-11-20(30)29-22(24(33)34)23(32)17-7-5-4-6-8-17/h4-8,15-16,18-19,22-23,25-26,32H,9-14H2,1-3H3,(H,29,30)(H,33,34)/t15-,16-,18+,19+,22+,23?,25-,26-,27-,28?/m1/s1. The maximum absolute atomic E-state index is 12.8. The van der Waals surface area contributed by atoms with E-state index in [2.05, 4.69) is 12.2 Å². The summed E-state index contributed by atoms with van der Waals surface area (Å²) in [5.41, 5.74) is -0.427. The average molecular weight is 548 g/mol. The molecule has 4 aliphatic heterocycles. The first-order valence-corrected chi connectivity index (χ1v) is 13.7. The lowest BCUT2D eigenvalue weighted by Gasteiger charge is -2.59. The Kier molecular flexibility index (Phi) is 7.73. The predicted molar refractivity (Wildman–Crippen MR) is 133 cm³/mol. The molecule has 6 rings (SSSR count). The zero-order chi connectivity index (χ0) is 27.9. The number of rotatable bonds is 8. The number of aliphatic hydroxyl groups is 1. The number of carbonyl (C=O) groups is 3. The summed E-state index contributed by atoms with van der Waals surface area (Å²) >= 11 is 0. The third-order valence-corrected chi connectivity index (χ3v) is 8.94. The van der Waals surface area contributed by atoms with Crippen LogP contribution < -0.4 is 5.32 Å². The van der Waals surface area contributed by atoms with E-state index in [0.717, 1.165) is 19.3 Å². The van der Waals surface area contributed by atoms with E-state index in [4.69, 9.17) is 24.0 Å². The molecule has 2 bridgehead atoms. The molecular weight excluding hydrogens is 510 g/mol. The van der Waals surface area contributed by atoms with E-state index in [1.54, 1.807) is 30.3 Å². The Hall–Kier alpha value is -2.57. The van der Waals surface area contributed by atoms with Gasteiger partial charge in [-0.2, -0.15) is 0 Å². The molecule has 11 nitrogen and oxygen atoms in total. The lowest BCUT2D eigenvalue weighted by molar-refractivity contribution is -0.576. The molecule has 3 N–H and O–H groups in total. The molecule has 1 aliphatic carbocycles. The number of nitrogens with one attached hydrogen (secondary N) is 1. The van der Waals surface area contributed by atoms with Crippen molar-refractivity contribution in [2.45, 2.75) is 95.4 Å². The van der Waals surface area contributed by atoms with Gasteiger partial charge < -0.3 is 29.7 Å². The molecule has 1 amide bonds. The number of hydrogen-bond donors (Lipinski definition) is 3. The van der Waals surface area contributed by atoms with E-state index in [9.17, 15) is 24.6 Å². The summed E-state index contributed by atoms with van der Waals surface area (Å²) in [4.78, 5) is 48.8. The van der Waals surface area contributed by atoms with E-state index < -0.39 is 54.0 Å². The molecule has 1 aromatic carbocycles. The number of amides is 1. The largest absolute Gasteiger partial charge is 0.480 e. The molecule has 1 spiro atoms. The van der Waals surface area contributed by atoms with Crippen LogP contribution in [0.2, 0.25) is 0 Å². The number of esters is 1. The molecule has 1 aromatic rings. The number of ether oxygens (including phenoxy) is 3. The van der Waals surface area contributed by atoms with Gasteiger partial charge in [0.15, 0.2) is 17.9 Å². The molecule has 0 aromatic heterocycles. The van der Waals surface area contributed by atoms with Gasteiger partial charge in [-0.3, -0.25) is 9.59 Å². The topological polar surface area (TPSA) is 150 Å². The van der Waals surface area contributed by atoms with Gasteiger partial charge in [-0.1, -0.05) is 44.2 Å². The van der Waals surface area contributed by atoms with Crippen LogP contribution in [0.3, 0.4) is 0 Å². The summed E-state index contributed by atoms with van der Waals surface area (Å²) in [5, 5.41) is 22.3. The SMILES string of the molecule is C[C@H]1[C@H](OC(=O)CCC(=O)N[C@H](C(=O)O)C(O)c2ccccc2)O[C@@H]2O[C@@]3(C)CC[C@H]4[C@H](C)CC[C@@H]1C24OO3. The smallest absolute Gasteiger partial charge is 0.329 e. The van der Waals surface area contributed by atoms with Crippen molar-refractivity contribution >= 4 is 17.8 Å². The van der Waals surface area contributed by atoms with Gasteiger partial charge in [0, 0.05) is 24.7 Å². The number of aliphatic hydroxyl groups excluding tert-OH is 1. The Morgan fingerprint density at radius 2 is 1.82 bits per heavy atom. The normalized spacial score (nSPS) is 38.6. The molecule has 11 heteroatoms. The fraction of sp³-hybridized carbons (Fsp3) is 0.679. The number of carboxylic acids is 1. The van der Waals surface area contributed by atoms with Gasteiger partial charge in [-0.15, -0.1) is 0 Å². The molecule has 5 fully saturated rings. The molecule has 2 unspecified atom stereocenters. The van der Waals surface area contributed by atoms with Crippen molar-refractivity contribution in [3.8, 4) is 0 Å². The van der Waals surface area contributed by atoms with Gasteiger partial charge >= 0.3 is 11.9 Å². The highest BCUT2D eigenvalue weighted by Gasteiger charge is 2.69. The van der Waals surface area contributed by atoms with Crippen LogP contribution in [0.15, 0.2) is 30.3 Å². The van der Waals surface area contributed by atoms with Gasteiger partial charge in [0.05, 0.1) is 6.42 Å². The third-order valence-electron chi connectivity index (χ3n) is 8.94. The van der Waals surface area contributed by atoms with Gasteiger partial charge in [-0.25, -0.2) is 14.6 Å². The Bertz CT molecular complexity index is 1080. The minimum atomic E-state index is -1.57. The Balaban J connectivity index is 1.20. The van der Waals surface area contributed by atoms with Crippen LogP contribution in [-0.4, -0.2) is 58.1 Å². The monoisotopic (exact) mass is 547 g/mol. The highest BCUT2D eigenvalue weighted by atomic mass is 17.3. The second kappa shape index (κ2) is 10.8. The second-order valence-corrected chi connectivity index (χ2v) is 11.5. The number of carbonyl (C=O) groups excluding carboxylic acids is 2. The highest BCUT2D eigenvalue weighted by molar-refractivity contribution is 5.86. The van der Waals surface area contributed by atoms with Gasteiger partial charge in [0.1, 0.15) is 6.10 Å². The summed E-state index contributed by atoms with van der Waals surface area (Å²) in [7, 11) is 0. The molecular formula is C28H37NO10. The van der Waals surface area contributed by atoms with E-state index in [-0.39, 0.29) is 30.6 Å². The Morgan fingerprint density at radius 1 is 1.08 bits per heavy atom. The zero-order valence-electron chi connectivity index (χ0n) is 22.4. The summed E-state index contributed by atoms with van der Waals surface area (Å²) in [6.45, 7) is 5.99. The van der Waals surface area contributed by atoms with Crippen molar-refractivity contribution in [2.75, 3.05) is 0 Å². The molecule has 4 heterocycles. The van der Waals surface area contributed by atoms with Crippen LogP contribution in [0, 0.1) is 23.7 Å². The van der Waals surface area contributed by atoms with Crippen LogP contribution in [0.25, 0.3) is 0 Å². The minimum Gasteiger partial charge on any atom is -0.480 e. The number of hydrogen-bond acceptors (Lipinski definition) is 9. The first kappa shape index (κ1) is 28.0. The first-order valence-electron chi connectivity index (χ1n) is 13.7. The van der Waals surface area contributed by atoms with Crippen LogP contribution in [0.5, 0.6) is 0 Å². The molecule has 0 radical (unpaired) electrons. The van der Waals surface area contributed by atoms with E-state index in [1.807, 2.05) is 13.8 Å². The number of aliphatic carboxylic acids is 1. The molecule has 10 atom stereocenters. The summed E-state index contributed by atoms with van der Waals surface area (Å²) < 4.78 is 18.2. The summed E-state index contributed by atoms with van der Waals surface area (Å²) in [6, 6.07) is 6.61. The fourth-order valence-corrected chi connectivity index (χ4v) is 6.77. The molecule has 4 saturated heterocycles. The van der Waals surface area contributed by atoms with Crippen molar-refractivity contribution in [3.63, 3.8) is 0 Å². The lowest BCUT2D eigenvalue weighted by atomic mass is 9.58. The fourth-order valence-electron chi connectivity index (χ4n) is 6.77. The van der Waals surface area contributed by atoms with Crippen LogP contribution >= 0.6 is 0 Å². The van der Waals surface area contributed by atoms with Crippen LogP contribution in [0.4, 0.5) is 0 Å². The van der Waals surface area contributed by atoms with Crippen molar-refractivity contribution < 1.29 is 48.6 Å². The van der Waals surface area contributed by atoms with E-state index in [1.165, 1.54) is 0 Å². The van der Waals surface area contributed by atoms with Crippen LogP contribution in [0.1, 0.15) is 71.0 Å². The van der Waals surface area contributed by atoms with Gasteiger partial charge in [-0.05, 0) is 43.6 Å². The highest BCUT2D eigenvalue weighted by Crippen LogP contribution is 2.60. The van der Waals surface area contributed by atoms with Crippen LogP contribution in [-0.2, 0) is 38.4 Å². The Labute approximate surface area is 227 Å². The number of carboxylic acid groups (broad SMARTS) is 1. The van der Waals surface area contributed by atoms with E-state index in [0.29, 0.717) is 17.9 Å². The maximum Gasteiger partial charge on any atom is 0.329 e. The van der Waals surface area contributed by atoms with Crippen molar-refractivity contribution in [2.24, 2.45) is 23.7 Å². The quantitative estimate of drug-likeness (QED) is 0.327. The molecule has 39 heavy (non-hydrogen) atoms. The second-order valence-electron chi connectivity index (χ2n) is 11.5. The predicted octanol–water partition coefficient (Wildman–Crippen LogP) is 2.82. The van der Waals surface area contributed by atoms with Crippen molar-refractivity contribution in [3.05, 3.63) is 35.9 Å². The molecule has 214 valence electrons. The lowest BCUT2D eigenvalue weighted by Crippen LogP contribution is -2.70. The Morgan fingerprint density at radius 3 is 2.54 bits per heavy atom. The summed E-state index contributed by atoms with van der Waals surface area (Å²) in [5.74, 6) is -3.33. The van der Waals surface area contributed by atoms with Crippen molar-refractivity contribution in [1.29, 1.82) is 0 Å². The average Bonchev–Trinajstić information content (AvgIpc) is 3.14. The zero-order valence-corrected chi connectivity index (χ0v) is 22.4. The maximum atomic E-state index is 12.8. The van der Waals surface area contributed by atoms with Gasteiger partial charge in [0.2, 0.25) is 18.0 Å². The van der Waals surface area contributed by atoms with E-state index >= 15 is 0 Å². The first-order chi connectivity index (χ1) is 18.5. The minimum absolute atomic E-state index is 0.0167. The number of fused-ring (bicyclic) bond motifs is 2. The molecule has 1 saturated carbocycles. The third kappa shape index (κ3) is 5.18. The van der Waals surface area contributed by atoms with Gasteiger partial charge in [0.25, 0.3) is 0 Å².